The van der Waals surface area contributed by atoms with E-state index < -0.39 is 5.82 Å². The Hall–Kier alpha value is -0.800. The van der Waals surface area contributed by atoms with Gasteiger partial charge in [-0.05, 0) is 30.8 Å². The van der Waals surface area contributed by atoms with Gasteiger partial charge in [0.15, 0.2) is 0 Å². The minimum atomic E-state index is -0.450. The lowest BCUT2D eigenvalue weighted by molar-refractivity contribution is 0.576. The smallest absolute Gasteiger partial charge is 0.146 e. The van der Waals surface area contributed by atoms with Crippen molar-refractivity contribution in [3.63, 3.8) is 0 Å². The molecular weight excluding hydrogens is 308 g/mol. The van der Waals surface area contributed by atoms with Gasteiger partial charge in [0.05, 0.1) is 11.1 Å². The summed E-state index contributed by atoms with van der Waals surface area (Å²) in [6, 6.07) is 9.62. The maximum absolute atomic E-state index is 14.1. The SMILES string of the molecule is CNC(c1ccc(Cl)cc1Cl)c1cccc(Cl)c1F. The van der Waals surface area contributed by atoms with Gasteiger partial charge in [-0.1, -0.05) is 53.0 Å². The van der Waals surface area contributed by atoms with Crippen molar-refractivity contribution in [1.82, 2.24) is 5.32 Å². The van der Waals surface area contributed by atoms with Crippen LogP contribution in [0.2, 0.25) is 15.1 Å². The Bertz CT molecular complexity index is 601. The van der Waals surface area contributed by atoms with Crippen molar-refractivity contribution in [1.29, 1.82) is 0 Å². The number of halogens is 4. The van der Waals surface area contributed by atoms with Gasteiger partial charge in [0.1, 0.15) is 5.82 Å². The highest BCUT2D eigenvalue weighted by molar-refractivity contribution is 6.35. The number of nitrogens with one attached hydrogen (secondary N) is 1. The van der Waals surface area contributed by atoms with E-state index in [-0.39, 0.29) is 11.1 Å². The van der Waals surface area contributed by atoms with Gasteiger partial charge in [-0.25, -0.2) is 4.39 Å². The maximum atomic E-state index is 14.1. The molecule has 2 aromatic carbocycles. The Morgan fingerprint density at radius 3 is 2.37 bits per heavy atom. The Morgan fingerprint density at radius 1 is 1.00 bits per heavy atom. The largest absolute Gasteiger partial charge is 0.309 e. The van der Waals surface area contributed by atoms with Crippen LogP contribution >= 0.6 is 34.8 Å². The van der Waals surface area contributed by atoms with Gasteiger partial charge in [-0.15, -0.1) is 0 Å². The first-order chi connectivity index (χ1) is 9.04. The summed E-state index contributed by atoms with van der Waals surface area (Å²) in [5.41, 5.74) is 1.19. The third-order valence-electron chi connectivity index (χ3n) is 2.85. The predicted molar refractivity (Wildman–Crippen MR) is 78.8 cm³/mol. The van der Waals surface area contributed by atoms with Gasteiger partial charge in [0, 0.05) is 15.6 Å². The van der Waals surface area contributed by atoms with E-state index in [0.29, 0.717) is 15.6 Å². The molecule has 1 N–H and O–H groups in total. The lowest BCUT2D eigenvalue weighted by atomic mass is 9.98. The van der Waals surface area contributed by atoms with Crippen molar-refractivity contribution < 1.29 is 4.39 Å². The summed E-state index contributed by atoms with van der Waals surface area (Å²) in [6.07, 6.45) is 0. The van der Waals surface area contributed by atoms with Crippen LogP contribution in [0, 0.1) is 5.82 Å². The second kappa shape index (κ2) is 6.10. The Balaban J connectivity index is 2.53. The van der Waals surface area contributed by atoms with Crippen molar-refractivity contribution in [2.75, 3.05) is 7.05 Å². The molecule has 0 bridgehead atoms. The van der Waals surface area contributed by atoms with E-state index in [1.165, 1.54) is 6.07 Å². The summed E-state index contributed by atoms with van der Waals surface area (Å²) in [7, 11) is 1.73. The van der Waals surface area contributed by atoms with Crippen LogP contribution in [-0.2, 0) is 0 Å². The van der Waals surface area contributed by atoms with Crippen molar-refractivity contribution in [2.45, 2.75) is 6.04 Å². The van der Waals surface area contributed by atoms with Crippen LogP contribution in [0.1, 0.15) is 17.2 Å². The molecule has 0 fully saturated rings. The molecule has 0 spiro atoms. The number of hydrogen-bond donors (Lipinski definition) is 1. The first kappa shape index (κ1) is 14.6. The predicted octanol–water partition coefficient (Wildman–Crippen LogP) is 5.09. The molecule has 0 saturated carbocycles. The molecule has 5 heteroatoms. The molecule has 0 aliphatic carbocycles. The van der Waals surface area contributed by atoms with Gasteiger partial charge in [0.2, 0.25) is 0 Å². The zero-order valence-corrected chi connectivity index (χ0v) is 12.3. The van der Waals surface area contributed by atoms with E-state index in [4.69, 9.17) is 34.8 Å². The highest BCUT2D eigenvalue weighted by Crippen LogP contribution is 2.33. The molecule has 0 aromatic heterocycles. The van der Waals surface area contributed by atoms with Crippen molar-refractivity contribution in [3.8, 4) is 0 Å². The van der Waals surface area contributed by atoms with Gasteiger partial charge in [0.25, 0.3) is 0 Å². The molecule has 0 saturated heterocycles. The second-order valence-electron chi connectivity index (χ2n) is 4.03. The molecule has 0 heterocycles. The summed E-state index contributed by atoms with van der Waals surface area (Å²) in [5, 5.41) is 4.14. The van der Waals surface area contributed by atoms with Crippen LogP contribution in [-0.4, -0.2) is 7.05 Å². The van der Waals surface area contributed by atoms with Crippen molar-refractivity contribution >= 4 is 34.8 Å². The summed E-state index contributed by atoms with van der Waals surface area (Å²) in [4.78, 5) is 0. The van der Waals surface area contributed by atoms with Crippen LogP contribution in [0.5, 0.6) is 0 Å². The molecule has 2 rings (SSSR count). The number of rotatable bonds is 3. The van der Waals surface area contributed by atoms with E-state index in [1.807, 2.05) is 0 Å². The molecule has 100 valence electrons. The van der Waals surface area contributed by atoms with Crippen LogP contribution in [0.25, 0.3) is 0 Å². The van der Waals surface area contributed by atoms with Gasteiger partial charge in [-0.2, -0.15) is 0 Å². The molecule has 0 amide bonds. The molecule has 1 atom stereocenters. The molecule has 1 unspecified atom stereocenters. The van der Waals surface area contributed by atoms with Crippen LogP contribution in [0.15, 0.2) is 36.4 Å². The van der Waals surface area contributed by atoms with E-state index in [2.05, 4.69) is 5.32 Å². The maximum Gasteiger partial charge on any atom is 0.146 e. The molecule has 0 aliphatic rings. The zero-order chi connectivity index (χ0) is 14.0. The van der Waals surface area contributed by atoms with Crippen LogP contribution in [0.3, 0.4) is 0 Å². The second-order valence-corrected chi connectivity index (χ2v) is 5.28. The summed E-state index contributed by atoms with van der Waals surface area (Å²) in [5.74, 6) is -0.450. The van der Waals surface area contributed by atoms with E-state index in [1.54, 1.807) is 37.4 Å². The van der Waals surface area contributed by atoms with Crippen LogP contribution < -0.4 is 5.32 Å². The lowest BCUT2D eigenvalue weighted by Gasteiger charge is -2.19. The standard InChI is InChI=1S/C14H11Cl3FN/c1-19-14(9-6-5-8(15)7-12(9)17)10-3-2-4-11(16)13(10)18/h2-7,14,19H,1H3. The van der Waals surface area contributed by atoms with Crippen LogP contribution in [0.4, 0.5) is 4.39 Å². The minimum absolute atomic E-state index is 0.0860. The van der Waals surface area contributed by atoms with Crippen molar-refractivity contribution in [2.24, 2.45) is 0 Å². The van der Waals surface area contributed by atoms with Gasteiger partial charge < -0.3 is 5.32 Å². The first-order valence-electron chi connectivity index (χ1n) is 5.60. The Morgan fingerprint density at radius 2 is 1.74 bits per heavy atom. The molecule has 0 aliphatic heterocycles. The third kappa shape index (κ3) is 3.03. The van der Waals surface area contributed by atoms with Gasteiger partial charge in [-0.3, -0.25) is 0 Å². The summed E-state index contributed by atoms with van der Waals surface area (Å²) < 4.78 is 14.1. The highest BCUT2D eigenvalue weighted by Gasteiger charge is 2.20. The average Bonchev–Trinajstić information content (AvgIpc) is 2.37. The fourth-order valence-electron chi connectivity index (χ4n) is 1.96. The highest BCUT2D eigenvalue weighted by atomic mass is 35.5. The van der Waals surface area contributed by atoms with E-state index in [9.17, 15) is 4.39 Å². The third-order valence-corrected chi connectivity index (χ3v) is 3.71. The number of hydrogen-bond acceptors (Lipinski definition) is 1. The molecule has 19 heavy (non-hydrogen) atoms. The zero-order valence-electron chi connectivity index (χ0n) is 10.1. The Kier molecular flexibility index (Phi) is 4.69. The summed E-state index contributed by atoms with van der Waals surface area (Å²) in [6.45, 7) is 0. The molecule has 0 radical (unpaired) electrons. The quantitative estimate of drug-likeness (QED) is 0.830. The minimum Gasteiger partial charge on any atom is -0.309 e. The average molecular weight is 319 g/mol. The molecule has 2 aromatic rings. The Labute approximate surface area is 126 Å². The fraction of sp³-hybridized carbons (Fsp3) is 0.143. The monoisotopic (exact) mass is 317 g/mol. The van der Waals surface area contributed by atoms with Crippen molar-refractivity contribution in [3.05, 3.63) is 68.4 Å². The van der Waals surface area contributed by atoms with Gasteiger partial charge >= 0.3 is 0 Å². The number of benzene rings is 2. The van der Waals surface area contributed by atoms with E-state index >= 15 is 0 Å². The molecular formula is C14H11Cl3FN. The topological polar surface area (TPSA) is 12.0 Å². The molecule has 1 nitrogen and oxygen atoms in total. The summed E-state index contributed by atoms with van der Waals surface area (Å²) >= 11 is 17.8. The van der Waals surface area contributed by atoms with E-state index in [0.717, 1.165) is 5.56 Å². The first-order valence-corrected chi connectivity index (χ1v) is 6.74. The normalized spacial score (nSPS) is 12.5. The fourth-order valence-corrected chi connectivity index (χ4v) is 2.66. The lowest BCUT2D eigenvalue weighted by Crippen LogP contribution is -2.19.